The number of hydrogen-bond donors (Lipinski definition) is 0. The molecule has 0 bridgehead atoms. The Morgan fingerprint density at radius 2 is 2.00 bits per heavy atom. The molecule has 4 heteroatoms. The maximum Gasteiger partial charge on any atom is 0.306 e. The number of hydrogen-bond acceptors (Lipinski definition) is 4. The van der Waals surface area contributed by atoms with Crippen molar-refractivity contribution < 1.29 is 9.53 Å². The lowest BCUT2D eigenvalue weighted by atomic mass is 9.72. The number of nitroso groups, excluding NO2 is 1. The number of ether oxygens (including phenoxy) is 1. The molecular weight excluding hydrogens is 194 g/mol. The van der Waals surface area contributed by atoms with E-state index in [-0.39, 0.29) is 17.9 Å². The zero-order valence-corrected chi connectivity index (χ0v) is 9.33. The van der Waals surface area contributed by atoms with Crippen LogP contribution in [0.2, 0.25) is 0 Å². The lowest BCUT2D eigenvalue weighted by Crippen LogP contribution is -2.31. The minimum atomic E-state index is -0.202. The molecule has 1 rings (SSSR count). The second-order valence-electron chi connectivity index (χ2n) is 4.33. The lowest BCUT2D eigenvalue weighted by Gasteiger charge is -2.34. The molecule has 15 heavy (non-hydrogen) atoms. The second kappa shape index (κ2) is 5.83. The van der Waals surface area contributed by atoms with E-state index >= 15 is 0 Å². The minimum Gasteiger partial charge on any atom is -0.466 e. The highest BCUT2D eigenvalue weighted by atomic mass is 16.5. The quantitative estimate of drug-likeness (QED) is 0.521. The zero-order valence-electron chi connectivity index (χ0n) is 9.33. The molecule has 0 aromatic rings. The Labute approximate surface area is 90.4 Å². The molecule has 0 aromatic heterocycles. The number of rotatable bonds is 5. The first-order valence-corrected chi connectivity index (χ1v) is 5.67. The van der Waals surface area contributed by atoms with Crippen molar-refractivity contribution in [1.82, 2.24) is 0 Å². The number of carbonyl (C=O) groups is 1. The van der Waals surface area contributed by atoms with E-state index in [0.29, 0.717) is 13.0 Å². The van der Waals surface area contributed by atoms with Crippen molar-refractivity contribution in [3.63, 3.8) is 0 Å². The molecule has 0 aliphatic heterocycles. The Balaban J connectivity index is 2.55. The Kier molecular flexibility index (Phi) is 4.72. The Hall–Kier alpha value is -0.930. The summed E-state index contributed by atoms with van der Waals surface area (Å²) < 4.78 is 4.93. The smallest absolute Gasteiger partial charge is 0.306 e. The van der Waals surface area contributed by atoms with Gasteiger partial charge in [-0.3, -0.25) is 4.79 Å². The van der Waals surface area contributed by atoms with Gasteiger partial charge in [0.1, 0.15) is 0 Å². The van der Waals surface area contributed by atoms with Crippen molar-refractivity contribution in [2.24, 2.45) is 10.6 Å². The second-order valence-corrected chi connectivity index (χ2v) is 4.33. The Bertz CT molecular complexity index is 222. The summed E-state index contributed by atoms with van der Waals surface area (Å²) in [4.78, 5) is 21.8. The first-order chi connectivity index (χ1) is 7.22. The summed E-state index contributed by atoms with van der Waals surface area (Å²) in [6.07, 6.45) is 5.59. The highest BCUT2D eigenvalue weighted by Gasteiger charge is 2.35. The van der Waals surface area contributed by atoms with Gasteiger partial charge in [0.2, 0.25) is 0 Å². The highest BCUT2D eigenvalue weighted by Crippen LogP contribution is 2.39. The van der Waals surface area contributed by atoms with E-state index in [1.54, 1.807) is 6.92 Å². The van der Waals surface area contributed by atoms with Gasteiger partial charge in [-0.2, -0.15) is 4.91 Å². The van der Waals surface area contributed by atoms with Crippen LogP contribution in [0.25, 0.3) is 0 Å². The van der Waals surface area contributed by atoms with Crippen LogP contribution in [0.1, 0.15) is 45.4 Å². The van der Waals surface area contributed by atoms with E-state index in [2.05, 4.69) is 5.18 Å². The van der Waals surface area contributed by atoms with Crippen LogP contribution in [0.5, 0.6) is 0 Å². The standard InChI is InChI=1S/C11H19NO3/c1-2-15-10(13)8-11(9-12-14)6-4-3-5-7-11/h2-9H2,1H3. The minimum absolute atomic E-state index is 0.192. The van der Waals surface area contributed by atoms with Gasteiger partial charge in [-0.15, -0.1) is 0 Å². The van der Waals surface area contributed by atoms with E-state index in [0.717, 1.165) is 25.7 Å². The first kappa shape index (κ1) is 12.1. The van der Waals surface area contributed by atoms with Crippen molar-refractivity contribution in [1.29, 1.82) is 0 Å². The van der Waals surface area contributed by atoms with Crippen LogP contribution in [0, 0.1) is 10.3 Å². The molecule has 0 amide bonds. The molecule has 1 saturated carbocycles. The van der Waals surface area contributed by atoms with E-state index < -0.39 is 0 Å². The van der Waals surface area contributed by atoms with Crippen LogP contribution in [-0.2, 0) is 9.53 Å². The molecule has 0 saturated heterocycles. The fourth-order valence-electron chi connectivity index (χ4n) is 2.35. The molecule has 1 fully saturated rings. The van der Waals surface area contributed by atoms with Gasteiger partial charge in [0.05, 0.1) is 19.6 Å². The van der Waals surface area contributed by atoms with Crippen molar-refractivity contribution in [3.8, 4) is 0 Å². The molecule has 0 atom stereocenters. The van der Waals surface area contributed by atoms with Gasteiger partial charge in [-0.05, 0) is 19.8 Å². The molecule has 1 aliphatic rings. The summed E-state index contributed by atoms with van der Waals surface area (Å²) in [7, 11) is 0. The normalized spacial score (nSPS) is 19.5. The molecule has 0 unspecified atom stereocenters. The molecular formula is C11H19NO3. The largest absolute Gasteiger partial charge is 0.466 e. The van der Waals surface area contributed by atoms with Crippen molar-refractivity contribution in [2.75, 3.05) is 13.2 Å². The zero-order chi connectivity index (χ0) is 11.1. The highest BCUT2D eigenvalue weighted by molar-refractivity contribution is 5.70. The first-order valence-electron chi connectivity index (χ1n) is 5.67. The predicted molar refractivity (Wildman–Crippen MR) is 57.4 cm³/mol. The lowest BCUT2D eigenvalue weighted by molar-refractivity contribution is -0.146. The molecule has 0 radical (unpaired) electrons. The van der Waals surface area contributed by atoms with Gasteiger partial charge >= 0.3 is 5.97 Å². The SMILES string of the molecule is CCOC(=O)CC1(CN=O)CCCCC1. The van der Waals surface area contributed by atoms with Gasteiger partial charge in [0.25, 0.3) is 0 Å². The van der Waals surface area contributed by atoms with Crippen molar-refractivity contribution in [2.45, 2.75) is 45.4 Å². The molecule has 86 valence electrons. The third kappa shape index (κ3) is 3.61. The summed E-state index contributed by atoms with van der Waals surface area (Å²) in [6, 6.07) is 0. The van der Waals surface area contributed by atoms with Crippen molar-refractivity contribution >= 4 is 5.97 Å². The average Bonchev–Trinajstić information content (AvgIpc) is 2.19. The maximum absolute atomic E-state index is 11.4. The molecule has 1 aliphatic carbocycles. The fraction of sp³-hybridized carbons (Fsp3) is 0.909. The summed E-state index contributed by atoms with van der Waals surface area (Å²) in [5, 5.41) is 2.99. The molecule has 0 N–H and O–H groups in total. The number of carbonyl (C=O) groups excluding carboxylic acids is 1. The van der Waals surface area contributed by atoms with Gasteiger partial charge in [0, 0.05) is 5.41 Å². The van der Waals surface area contributed by atoms with Gasteiger partial charge in [-0.25, -0.2) is 0 Å². The topological polar surface area (TPSA) is 55.7 Å². The van der Waals surface area contributed by atoms with Crippen molar-refractivity contribution in [3.05, 3.63) is 4.91 Å². The molecule has 4 nitrogen and oxygen atoms in total. The average molecular weight is 213 g/mol. The molecule has 0 aromatic carbocycles. The summed E-state index contributed by atoms with van der Waals surface area (Å²) in [5.41, 5.74) is -0.202. The van der Waals surface area contributed by atoms with Gasteiger partial charge < -0.3 is 4.74 Å². The summed E-state index contributed by atoms with van der Waals surface area (Å²) in [5.74, 6) is -0.192. The fourth-order valence-corrected chi connectivity index (χ4v) is 2.35. The number of nitrogens with zero attached hydrogens (tertiary/aromatic N) is 1. The predicted octanol–water partition coefficient (Wildman–Crippen LogP) is 2.66. The summed E-state index contributed by atoms with van der Waals surface area (Å²) >= 11 is 0. The van der Waals surface area contributed by atoms with Crippen LogP contribution >= 0.6 is 0 Å². The Morgan fingerprint density at radius 1 is 1.33 bits per heavy atom. The van der Waals surface area contributed by atoms with E-state index in [1.165, 1.54) is 6.42 Å². The number of esters is 1. The Morgan fingerprint density at radius 3 is 2.53 bits per heavy atom. The van der Waals surface area contributed by atoms with E-state index in [1.807, 2.05) is 0 Å². The maximum atomic E-state index is 11.4. The van der Waals surface area contributed by atoms with E-state index in [9.17, 15) is 9.70 Å². The molecule has 0 spiro atoms. The molecule has 0 heterocycles. The van der Waals surface area contributed by atoms with Crippen LogP contribution in [0.3, 0.4) is 0 Å². The van der Waals surface area contributed by atoms with Crippen LogP contribution in [0.15, 0.2) is 5.18 Å². The third-order valence-electron chi connectivity index (χ3n) is 3.14. The van der Waals surface area contributed by atoms with E-state index in [4.69, 9.17) is 4.74 Å². The van der Waals surface area contributed by atoms with Gasteiger partial charge in [0.15, 0.2) is 0 Å². The summed E-state index contributed by atoms with van der Waals surface area (Å²) in [6.45, 7) is 2.46. The van der Waals surface area contributed by atoms with Crippen LogP contribution in [0.4, 0.5) is 0 Å². The van der Waals surface area contributed by atoms with Crippen LogP contribution < -0.4 is 0 Å². The monoisotopic (exact) mass is 213 g/mol. The van der Waals surface area contributed by atoms with Crippen LogP contribution in [-0.4, -0.2) is 19.1 Å². The van der Waals surface area contributed by atoms with Gasteiger partial charge in [-0.1, -0.05) is 24.4 Å². The third-order valence-corrected chi connectivity index (χ3v) is 3.14.